The van der Waals surface area contributed by atoms with Gasteiger partial charge in [-0.2, -0.15) is 0 Å². The molecule has 0 heterocycles. The van der Waals surface area contributed by atoms with Crippen LogP contribution in [-0.2, 0) is 23.9 Å². The molecule has 2 amide bonds. The molecule has 2 aromatic rings. The summed E-state index contributed by atoms with van der Waals surface area (Å²) >= 11 is 0. The molecule has 0 spiro atoms. The topological polar surface area (TPSA) is 154 Å². The molecule has 0 radical (unpaired) electrons. The van der Waals surface area contributed by atoms with Crippen LogP contribution in [0, 0.1) is 10.1 Å². The van der Waals surface area contributed by atoms with Crippen LogP contribution in [0.1, 0.15) is 23.2 Å². The van der Waals surface area contributed by atoms with E-state index in [-0.39, 0.29) is 18.5 Å². The van der Waals surface area contributed by atoms with E-state index in [9.17, 15) is 29.3 Å². The lowest BCUT2D eigenvalue weighted by Gasteiger charge is -2.08. The minimum absolute atomic E-state index is 0.112. The number of esters is 2. The van der Waals surface area contributed by atoms with Crippen LogP contribution in [0.25, 0.3) is 0 Å². The van der Waals surface area contributed by atoms with Crippen molar-refractivity contribution in [3.63, 3.8) is 0 Å². The highest BCUT2D eigenvalue weighted by molar-refractivity contribution is 5.95. The van der Waals surface area contributed by atoms with Crippen molar-refractivity contribution < 1.29 is 33.6 Å². The number of amides is 2. The summed E-state index contributed by atoms with van der Waals surface area (Å²) in [6, 6.07) is 11.2. The SMILES string of the molecule is COC(=O)c1ccc(NC(=O)COC(=O)CCC(=O)Nc2ccc([N+](=O)[O-])cc2)cc1. The standard InChI is InChI=1S/C20H19N3O8/c1-30-20(27)13-2-4-14(5-3-13)22-18(25)12-31-19(26)11-10-17(24)21-15-6-8-16(9-7-15)23(28)29/h2-9H,10-12H2,1H3,(H,21,24)(H,22,25). The number of carbonyl (C=O) groups excluding carboxylic acids is 4. The van der Waals surface area contributed by atoms with Crippen molar-refractivity contribution in [3.8, 4) is 0 Å². The highest BCUT2D eigenvalue weighted by atomic mass is 16.6. The summed E-state index contributed by atoms with van der Waals surface area (Å²) in [5.41, 5.74) is 0.955. The maximum atomic E-state index is 11.8. The first-order valence-electron chi connectivity index (χ1n) is 8.96. The van der Waals surface area contributed by atoms with Gasteiger partial charge in [0.15, 0.2) is 6.61 Å². The van der Waals surface area contributed by atoms with E-state index >= 15 is 0 Å². The van der Waals surface area contributed by atoms with E-state index in [2.05, 4.69) is 15.4 Å². The van der Waals surface area contributed by atoms with Crippen molar-refractivity contribution >= 4 is 40.8 Å². The van der Waals surface area contributed by atoms with Gasteiger partial charge < -0.3 is 20.1 Å². The van der Waals surface area contributed by atoms with Crippen LogP contribution in [0.2, 0.25) is 0 Å². The molecule has 0 saturated carbocycles. The van der Waals surface area contributed by atoms with Crippen LogP contribution < -0.4 is 10.6 Å². The highest BCUT2D eigenvalue weighted by Crippen LogP contribution is 2.15. The van der Waals surface area contributed by atoms with Crippen LogP contribution in [0.4, 0.5) is 17.1 Å². The van der Waals surface area contributed by atoms with Crippen LogP contribution in [0.15, 0.2) is 48.5 Å². The molecule has 162 valence electrons. The lowest BCUT2D eigenvalue weighted by molar-refractivity contribution is -0.384. The van der Waals surface area contributed by atoms with Gasteiger partial charge in [0.2, 0.25) is 5.91 Å². The number of nitro groups is 1. The van der Waals surface area contributed by atoms with Gasteiger partial charge in [-0.1, -0.05) is 0 Å². The van der Waals surface area contributed by atoms with E-state index in [1.165, 1.54) is 55.6 Å². The normalized spacial score (nSPS) is 9.97. The Labute approximate surface area is 176 Å². The summed E-state index contributed by atoms with van der Waals surface area (Å²) in [6.45, 7) is -0.540. The van der Waals surface area contributed by atoms with Crippen molar-refractivity contribution in [1.82, 2.24) is 0 Å². The Kier molecular flexibility index (Phi) is 8.20. The summed E-state index contributed by atoms with van der Waals surface area (Å²) in [5.74, 6) is -2.32. The molecule has 31 heavy (non-hydrogen) atoms. The number of ether oxygens (including phenoxy) is 2. The number of non-ortho nitro benzene ring substituents is 1. The Bertz CT molecular complexity index is 971. The molecule has 0 aliphatic carbocycles. The first kappa shape index (κ1) is 23.0. The number of carbonyl (C=O) groups is 4. The fourth-order valence-electron chi connectivity index (χ4n) is 2.33. The predicted molar refractivity (Wildman–Crippen MR) is 108 cm³/mol. The number of nitrogens with one attached hydrogen (secondary N) is 2. The van der Waals surface area contributed by atoms with Crippen molar-refractivity contribution in [2.24, 2.45) is 0 Å². The van der Waals surface area contributed by atoms with Gasteiger partial charge in [-0.05, 0) is 36.4 Å². The smallest absolute Gasteiger partial charge is 0.337 e. The summed E-state index contributed by atoms with van der Waals surface area (Å²) in [5, 5.41) is 15.6. The molecule has 0 bridgehead atoms. The Hall–Kier alpha value is -4.28. The number of benzene rings is 2. The zero-order valence-electron chi connectivity index (χ0n) is 16.5. The molecular weight excluding hydrogens is 410 g/mol. The van der Waals surface area contributed by atoms with Crippen molar-refractivity contribution in [2.45, 2.75) is 12.8 Å². The second-order valence-corrected chi connectivity index (χ2v) is 6.13. The second-order valence-electron chi connectivity index (χ2n) is 6.13. The molecule has 0 aliphatic rings. The summed E-state index contributed by atoms with van der Waals surface area (Å²) < 4.78 is 9.39. The molecule has 0 fully saturated rings. The minimum atomic E-state index is -0.741. The largest absolute Gasteiger partial charge is 0.465 e. The molecule has 2 aromatic carbocycles. The highest BCUT2D eigenvalue weighted by Gasteiger charge is 2.12. The van der Waals surface area contributed by atoms with E-state index < -0.39 is 35.3 Å². The first-order chi connectivity index (χ1) is 14.8. The molecule has 0 unspecified atom stereocenters. The molecule has 0 aromatic heterocycles. The third-order valence-corrected chi connectivity index (χ3v) is 3.87. The lowest BCUT2D eigenvalue weighted by Crippen LogP contribution is -2.21. The number of anilines is 2. The first-order valence-corrected chi connectivity index (χ1v) is 8.96. The second kappa shape index (κ2) is 11.0. The van der Waals surface area contributed by atoms with Crippen molar-refractivity contribution in [1.29, 1.82) is 0 Å². The third-order valence-electron chi connectivity index (χ3n) is 3.87. The van der Waals surface area contributed by atoms with E-state index in [1.54, 1.807) is 0 Å². The van der Waals surface area contributed by atoms with Gasteiger partial charge in [0, 0.05) is 29.9 Å². The molecule has 2 N–H and O–H groups in total. The van der Waals surface area contributed by atoms with Crippen molar-refractivity contribution in [3.05, 3.63) is 64.2 Å². The van der Waals surface area contributed by atoms with E-state index in [4.69, 9.17) is 4.74 Å². The van der Waals surface area contributed by atoms with E-state index in [0.29, 0.717) is 16.9 Å². The fourth-order valence-corrected chi connectivity index (χ4v) is 2.33. The maximum absolute atomic E-state index is 11.8. The number of hydrogen-bond donors (Lipinski definition) is 2. The summed E-state index contributed by atoms with van der Waals surface area (Å²) in [6.07, 6.45) is -0.438. The average Bonchev–Trinajstić information content (AvgIpc) is 2.76. The number of nitrogens with zero attached hydrogens (tertiary/aromatic N) is 1. The quantitative estimate of drug-likeness (QED) is 0.350. The van der Waals surface area contributed by atoms with Crippen molar-refractivity contribution in [2.75, 3.05) is 24.4 Å². The Morgan fingerprint density at radius 3 is 1.97 bits per heavy atom. The van der Waals surface area contributed by atoms with Gasteiger partial charge in [0.25, 0.3) is 11.6 Å². The van der Waals surface area contributed by atoms with Crippen LogP contribution in [0.3, 0.4) is 0 Å². The van der Waals surface area contributed by atoms with Crippen LogP contribution in [-0.4, -0.2) is 42.4 Å². The molecule has 11 nitrogen and oxygen atoms in total. The van der Waals surface area contributed by atoms with Gasteiger partial charge >= 0.3 is 11.9 Å². The molecule has 2 rings (SSSR count). The van der Waals surface area contributed by atoms with E-state index in [0.717, 1.165) is 0 Å². The van der Waals surface area contributed by atoms with Gasteiger partial charge in [-0.25, -0.2) is 4.79 Å². The molecule has 0 saturated heterocycles. The zero-order valence-corrected chi connectivity index (χ0v) is 16.5. The Morgan fingerprint density at radius 1 is 0.871 bits per heavy atom. The number of hydrogen-bond acceptors (Lipinski definition) is 8. The average molecular weight is 429 g/mol. The van der Waals surface area contributed by atoms with Crippen LogP contribution >= 0.6 is 0 Å². The van der Waals surface area contributed by atoms with E-state index in [1.807, 2.05) is 0 Å². The summed E-state index contributed by atoms with van der Waals surface area (Å²) in [4.78, 5) is 56.8. The maximum Gasteiger partial charge on any atom is 0.337 e. The number of methoxy groups -OCH3 is 1. The minimum Gasteiger partial charge on any atom is -0.465 e. The Morgan fingerprint density at radius 2 is 1.42 bits per heavy atom. The zero-order chi connectivity index (χ0) is 22.8. The van der Waals surface area contributed by atoms with Gasteiger partial charge in [0.1, 0.15) is 0 Å². The molecule has 11 heteroatoms. The van der Waals surface area contributed by atoms with Crippen LogP contribution in [0.5, 0.6) is 0 Å². The van der Waals surface area contributed by atoms with Gasteiger partial charge in [-0.3, -0.25) is 24.5 Å². The summed E-state index contributed by atoms with van der Waals surface area (Å²) in [7, 11) is 1.26. The predicted octanol–water partition coefficient (Wildman–Crippen LogP) is 2.28. The van der Waals surface area contributed by atoms with Gasteiger partial charge in [-0.15, -0.1) is 0 Å². The molecular formula is C20H19N3O8. The lowest BCUT2D eigenvalue weighted by atomic mass is 10.2. The fraction of sp³-hybridized carbons (Fsp3) is 0.200. The monoisotopic (exact) mass is 429 g/mol. The third kappa shape index (κ3) is 7.57. The molecule has 0 aliphatic heterocycles. The number of rotatable bonds is 9. The molecule has 0 atom stereocenters. The Balaban J connectivity index is 1.69. The number of nitro benzene ring substituents is 1. The van der Waals surface area contributed by atoms with Gasteiger partial charge in [0.05, 0.1) is 24.0 Å².